The van der Waals surface area contributed by atoms with Gasteiger partial charge in [-0.25, -0.2) is 8.42 Å². The van der Waals surface area contributed by atoms with Gasteiger partial charge in [-0.2, -0.15) is 8.42 Å². The molecule has 196 valence electrons. The molecule has 4 aromatic carbocycles. The average molecular weight is 591 g/mol. The van der Waals surface area contributed by atoms with Crippen LogP contribution in [-0.2, 0) is 20.5 Å². The number of nitrogens with one attached hydrogen (secondary N) is 2. The maximum Gasteiger partial charge on any atom is 0.316 e. The van der Waals surface area contributed by atoms with Crippen LogP contribution in [0.5, 0.6) is 0 Å². The molecule has 2 N–H and O–H groups in total. The fraction of sp³-hybridized carbons (Fsp3) is 0.0385. The predicted octanol–water partition coefficient (Wildman–Crippen LogP) is 6.74. The summed E-state index contributed by atoms with van der Waals surface area (Å²) in [5.41, 5.74) is 1.85. The van der Waals surface area contributed by atoms with Crippen molar-refractivity contribution < 1.29 is 21.6 Å². The van der Waals surface area contributed by atoms with E-state index < -0.39 is 26.4 Å². The van der Waals surface area contributed by atoms with Gasteiger partial charge in [0.2, 0.25) is 0 Å². The largest absolute Gasteiger partial charge is 0.322 e. The van der Waals surface area contributed by atoms with Gasteiger partial charge >= 0.3 is 10.5 Å². The van der Waals surface area contributed by atoms with Gasteiger partial charge in [-0.05, 0) is 73.7 Å². The molecule has 0 aliphatic rings. The number of carbonyl (C=O) groups excluding carboxylic acids is 1. The minimum Gasteiger partial charge on any atom is -0.322 e. The van der Waals surface area contributed by atoms with E-state index in [1.54, 1.807) is 0 Å². The van der Waals surface area contributed by atoms with Gasteiger partial charge in [-0.1, -0.05) is 59.1 Å². The Hall–Kier alpha value is -3.70. The monoisotopic (exact) mass is 589 g/mol. The van der Waals surface area contributed by atoms with Crippen LogP contribution in [0.25, 0.3) is 0 Å². The lowest BCUT2D eigenvalue weighted by atomic mass is 10.1. The summed E-state index contributed by atoms with van der Waals surface area (Å²) >= 11 is 11.8. The number of carbonyl (C=O) groups is 1. The first-order valence-electron chi connectivity index (χ1n) is 10.9. The molecule has 0 spiro atoms. The Bertz CT molecular complexity index is 1650. The second-order valence-corrected chi connectivity index (χ2v) is 10.9. The third-order valence-corrected chi connectivity index (χ3v) is 7.07. The Kier molecular flexibility index (Phi) is 10.0. The number of benzene rings is 4. The SMILES string of the molecule is Cc1ccccc1.O=C(Nc1ccc(N=S(=O)=O)cc1)c1cc(Cl)ccc1NS(=O)(=O)c1ccc(Cl)cc1. The number of anilines is 2. The van der Waals surface area contributed by atoms with Gasteiger partial charge in [0.1, 0.15) is 0 Å². The molecule has 0 bridgehead atoms. The summed E-state index contributed by atoms with van der Waals surface area (Å²) in [6.07, 6.45) is 0. The zero-order valence-corrected chi connectivity index (χ0v) is 22.9. The minimum absolute atomic E-state index is 0.0144. The molecule has 0 aromatic heterocycles. The van der Waals surface area contributed by atoms with Crippen molar-refractivity contribution in [1.82, 2.24) is 0 Å². The number of halogens is 2. The summed E-state index contributed by atoms with van der Waals surface area (Å²) in [6, 6.07) is 25.6. The van der Waals surface area contributed by atoms with E-state index in [0.717, 1.165) is 0 Å². The Labute approximate surface area is 232 Å². The van der Waals surface area contributed by atoms with Crippen molar-refractivity contribution in [3.63, 3.8) is 0 Å². The van der Waals surface area contributed by atoms with Crippen molar-refractivity contribution in [1.29, 1.82) is 0 Å². The molecule has 0 aliphatic carbocycles. The Morgan fingerprint density at radius 1 is 0.816 bits per heavy atom. The van der Waals surface area contributed by atoms with Crippen LogP contribution in [0.3, 0.4) is 0 Å². The Balaban J connectivity index is 0.000000494. The molecule has 0 atom stereocenters. The van der Waals surface area contributed by atoms with E-state index in [-0.39, 0.29) is 26.9 Å². The summed E-state index contributed by atoms with van der Waals surface area (Å²) < 4.78 is 52.3. The molecule has 12 heteroatoms. The highest BCUT2D eigenvalue weighted by atomic mass is 35.5. The maximum atomic E-state index is 12.8. The summed E-state index contributed by atoms with van der Waals surface area (Å²) in [5, 5.41) is 3.20. The first kappa shape index (κ1) is 28.9. The quantitative estimate of drug-likeness (QED) is 0.258. The van der Waals surface area contributed by atoms with E-state index in [0.29, 0.717) is 10.7 Å². The van der Waals surface area contributed by atoms with E-state index >= 15 is 0 Å². The number of sulfonamides is 1. The van der Waals surface area contributed by atoms with Crippen molar-refractivity contribution in [2.75, 3.05) is 10.0 Å². The van der Waals surface area contributed by atoms with Crippen LogP contribution in [0, 0.1) is 6.92 Å². The van der Waals surface area contributed by atoms with Crippen LogP contribution in [0.2, 0.25) is 10.0 Å². The fourth-order valence-corrected chi connectivity index (χ4v) is 4.71. The van der Waals surface area contributed by atoms with E-state index in [1.807, 2.05) is 18.2 Å². The van der Waals surface area contributed by atoms with Crippen LogP contribution in [0.4, 0.5) is 17.1 Å². The molecule has 8 nitrogen and oxygen atoms in total. The summed E-state index contributed by atoms with van der Waals surface area (Å²) in [6.45, 7) is 2.08. The van der Waals surface area contributed by atoms with Crippen LogP contribution in [0.15, 0.2) is 106 Å². The lowest BCUT2D eigenvalue weighted by Crippen LogP contribution is -2.18. The number of amides is 1. The smallest absolute Gasteiger partial charge is 0.316 e. The highest BCUT2D eigenvalue weighted by Crippen LogP contribution is 2.26. The third kappa shape index (κ3) is 8.70. The molecule has 0 aliphatic heterocycles. The molecule has 0 saturated carbocycles. The fourth-order valence-electron chi connectivity index (χ4n) is 3.04. The van der Waals surface area contributed by atoms with Crippen molar-refractivity contribution in [2.45, 2.75) is 11.8 Å². The topological polar surface area (TPSA) is 122 Å². The highest BCUT2D eigenvalue weighted by Gasteiger charge is 2.19. The molecule has 0 radical (unpaired) electrons. The van der Waals surface area contributed by atoms with Crippen molar-refractivity contribution in [3.8, 4) is 0 Å². The van der Waals surface area contributed by atoms with Gasteiger partial charge in [0.15, 0.2) is 0 Å². The first-order valence-corrected chi connectivity index (χ1v) is 14.1. The summed E-state index contributed by atoms with van der Waals surface area (Å²) in [7, 11) is -6.59. The number of nitrogens with zero attached hydrogens (tertiary/aromatic N) is 1. The molecule has 1 amide bonds. The first-order chi connectivity index (χ1) is 18.0. The number of aryl methyl sites for hydroxylation is 1. The molecule has 4 rings (SSSR count). The molecular formula is C26H21Cl2N3O5S2. The Morgan fingerprint density at radius 2 is 1.42 bits per heavy atom. The second kappa shape index (κ2) is 13.2. The van der Waals surface area contributed by atoms with E-state index in [4.69, 9.17) is 23.2 Å². The van der Waals surface area contributed by atoms with Crippen LogP contribution in [0.1, 0.15) is 15.9 Å². The van der Waals surface area contributed by atoms with Gasteiger partial charge in [0.25, 0.3) is 15.9 Å². The number of hydrogen-bond donors (Lipinski definition) is 2. The zero-order valence-electron chi connectivity index (χ0n) is 19.8. The summed E-state index contributed by atoms with van der Waals surface area (Å²) in [5.74, 6) is -0.631. The normalized spacial score (nSPS) is 10.5. The minimum atomic E-state index is -3.99. The van der Waals surface area contributed by atoms with E-state index in [9.17, 15) is 21.6 Å². The van der Waals surface area contributed by atoms with Crippen molar-refractivity contribution in [2.24, 2.45) is 4.36 Å². The van der Waals surface area contributed by atoms with Gasteiger partial charge in [-0.3, -0.25) is 9.52 Å². The van der Waals surface area contributed by atoms with Gasteiger partial charge in [-0.15, -0.1) is 4.36 Å². The van der Waals surface area contributed by atoms with E-state index in [2.05, 4.69) is 33.5 Å². The molecule has 0 heterocycles. The third-order valence-electron chi connectivity index (χ3n) is 4.84. The predicted molar refractivity (Wildman–Crippen MR) is 150 cm³/mol. The molecule has 4 aromatic rings. The highest BCUT2D eigenvalue weighted by molar-refractivity contribution is 7.92. The van der Waals surface area contributed by atoms with E-state index in [1.165, 1.54) is 72.3 Å². The standard InChI is InChI=1S/C19H13Cl2N3O5S2.C7H8/c20-12-1-8-16(9-2-12)31(28,29)24-18-10-3-13(21)11-17(18)19(25)22-14-4-6-15(7-5-14)23-30(26)27;1-7-5-3-2-4-6-7/h1-11,24H,(H,22,25);2-6H,1H3. The number of rotatable bonds is 6. The van der Waals surface area contributed by atoms with Crippen LogP contribution < -0.4 is 10.0 Å². The van der Waals surface area contributed by atoms with Gasteiger partial charge in [0, 0.05) is 15.7 Å². The molecule has 0 fully saturated rings. The molecule has 0 saturated heterocycles. The molecule has 0 unspecified atom stereocenters. The maximum absolute atomic E-state index is 12.8. The van der Waals surface area contributed by atoms with Crippen LogP contribution >= 0.6 is 23.2 Å². The molecular weight excluding hydrogens is 569 g/mol. The molecule has 38 heavy (non-hydrogen) atoms. The summed E-state index contributed by atoms with van der Waals surface area (Å²) in [4.78, 5) is 12.7. The zero-order chi connectivity index (χ0) is 27.7. The van der Waals surface area contributed by atoms with Crippen molar-refractivity contribution in [3.05, 3.63) is 118 Å². The lowest BCUT2D eigenvalue weighted by Gasteiger charge is -2.13. The van der Waals surface area contributed by atoms with Crippen LogP contribution in [-0.4, -0.2) is 22.7 Å². The van der Waals surface area contributed by atoms with Gasteiger partial charge in [0.05, 0.1) is 21.8 Å². The second-order valence-electron chi connectivity index (χ2n) is 7.71. The average Bonchev–Trinajstić information content (AvgIpc) is 2.87. The lowest BCUT2D eigenvalue weighted by molar-refractivity contribution is 0.102. The van der Waals surface area contributed by atoms with Gasteiger partial charge < -0.3 is 5.32 Å². The number of hydrogen-bond acceptors (Lipinski definition) is 6. The Morgan fingerprint density at radius 3 is 1.97 bits per heavy atom. The van der Waals surface area contributed by atoms with Crippen molar-refractivity contribution >= 4 is 66.7 Å².